The number of benzene rings is 2. The molecule has 2 aliphatic rings. The molecule has 2 amide bonds. The summed E-state index contributed by atoms with van der Waals surface area (Å²) in [7, 11) is 0. The molecule has 0 aromatic heterocycles. The molecular weight excluding hydrogens is 401 g/mol. The number of halogens is 3. The van der Waals surface area contributed by atoms with Gasteiger partial charge in [0.2, 0.25) is 0 Å². The van der Waals surface area contributed by atoms with Gasteiger partial charge in [0.15, 0.2) is 5.78 Å². The molecule has 9 heteroatoms. The first-order valence-electron chi connectivity index (χ1n) is 9.32. The number of carbonyl (C=O) groups is 3. The van der Waals surface area contributed by atoms with Gasteiger partial charge in [-0.05, 0) is 35.4 Å². The summed E-state index contributed by atoms with van der Waals surface area (Å²) in [5.74, 6) is -2.86. The van der Waals surface area contributed by atoms with Gasteiger partial charge in [0.05, 0.1) is 12.3 Å². The van der Waals surface area contributed by atoms with Gasteiger partial charge in [-0.15, -0.1) is 0 Å². The molecule has 2 heterocycles. The topological polar surface area (TPSA) is 75.7 Å². The van der Waals surface area contributed by atoms with Gasteiger partial charge in [-0.2, -0.15) is 13.2 Å². The number of Topliss-reactive ketones (excluding diaryl/α,β-unsaturated/α-hetero) is 1. The number of para-hydroxylation sites is 1. The van der Waals surface area contributed by atoms with Crippen LogP contribution < -0.4 is 10.1 Å². The number of anilines is 1. The Bertz CT molecular complexity index is 1040. The third kappa shape index (κ3) is 3.62. The van der Waals surface area contributed by atoms with E-state index < -0.39 is 36.4 Å². The van der Waals surface area contributed by atoms with E-state index in [2.05, 4.69) is 5.32 Å². The van der Waals surface area contributed by atoms with Gasteiger partial charge in [-0.25, -0.2) is 0 Å². The highest BCUT2D eigenvalue weighted by atomic mass is 19.4. The number of hydrogen-bond donors (Lipinski definition) is 1. The van der Waals surface area contributed by atoms with Gasteiger partial charge >= 0.3 is 12.1 Å². The molecular formula is C21H17F3N2O4. The molecule has 2 aromatic carbocycles. The minimum Gasteiger partial charge on any atom is -0.493 e. The summed E-state index contributed by atoms with van der Waals surface area (Å²) in [5.41, 5.74) is 1.36. The number of alkyl halides is 3. The molecule has 1 atom stereocenters. The van der Waals surface area contributed by atoms with Crippen LogP contribution in [0.1, 0.15) is 33.9 Å². The zero-order valence-electron chi connectivity index (χ0n) is 15.7. The minimum absolute atomic E-state index is 0.188. The van der Waals surface area contributed by atoms with E-state index in [0.29, 0.717) is 23.7 Å². The lowest BCUT2D eigenvalue weighted by atomic mass is 10.00. The Balaban J connectivity index is 1.82. The van der Waals surface area contributed by atoms with E-state index in [1.165, 1.54) is 18.2 Å². The fourth-order valence-electron chi connectivity index (χ4n) is 3.75. The van der Waals surface area contributed by atoms with E-state index in [9.17, 15) is 27.6 Å². The van der Waals surface area contributed by atoms with Gasteiger partial charge in [0, 0.05) is 24.9 Å². The highest BCUT2D eigenvalue weighted by Crippen LogP contribution is 2.34. The van der Waals surface area contributed by atoms with Gasteiger partial charge < -0.3 is 15.0 Å². The maximum atomic E-state index is 13.3. The van der Waals surface area contributed by atoms with E-state index in [1.807, 2.05) is 0 Å². The summed E-state index contributed by atoms with van der Waals surface area (Å²) in [5, 5.41) is 2.53. The molecule has 2 aliphatic heterocycles. The van der Waals surface area contributed by atoms with E-state index in [1.54, 1.807) is 24.3 Å². The quantitative estimate of drug-likeness (QED) is 0.771. The van der Waals surface area contributed by atoms with Gasteiger partial charge in [0.1, 0.15) is 11.8 Å². The molecule has 0 spiro atoms. The molecule has 0 saturated heterocycles. The summed E-state index contributed by atoms with van der Waals surface area (Å²) < 4.78 is 45.4. The van der Waals surface area contributed by atoms with Crippen molar-refractivity contribution < 1.29 is 32.3 Å². The van der Waals surface area contributed by atoms with Crippen LogP contribution in [0.15, 0.2) is 42.5 Å². The first-order chi connectivity index (χ1) is 14.3. The van der Waals surface area contributed by atoms with Gasteiger partial charge in [-0.1, -0.05) is 18.2 Å². The molecule has 0 saturated carbocycles. The smallest absolute Gasteiger partial charge is 0.471 e. The van der Waals surface area contributed by atoms with E-state index in [-0.39, 0.29) is 23.2 Å². The fraction of sp³-hybridized carbons (Fsp3) is 0.286. The Morgan fingerprint density at radius 1 is 1.10 bits per heavy atom. The third-order valence-corrected chi connectivity index (χ3v) is 5.16. The number of fused-ring (bicyclic) bond motifs is 2. The fourth-order valence-corrected chi connectivity index (χ4v) is 3.75. The molecule has 0 radical (unpaired) electrons. The number of ketones is 1. The molecule has 0 unspecified atom stereocenters. The molecule has 2 aromatic rings. The van der Waals surface area contributed by atoms with Crippen LogP contribution in [0.25, 0.3) is 0 Å². The zero-order chi connectivity index (χ0) is 21.5. The highest BCUT2D eigenvalue weighted by molar-refractivity contribution is 6.07. The maximum Gasteiger partial charge on any atom is 0.471 e. The van der Waals surface area contributed by atoms with Gasteiger partial charge in [-0.3, -0.25) is 14.4 Å². The number of ether oxygens (including phenoxy) is 1. The summed E-state index contributed by atoms with van der Waals surface area (Å²) in [6, 6.07) is 9.26. The first kappa shape index (κ1) is 19.9. The first-order valence-corrected chi connectivity index (χ1v) is 9.32. The second-order valence-electron chi connectivity index (χ2n) is 7.07. The normalized spacial score (nSPS) is 19.0. The zero-order valence-corrected chi connectivity index (χ0v) is 15.7. The van der Waals surface area contributed by atoms with Crippen LogP contribution in [0.2, 0.25) is 0 Å². The molecule has 30 heavy (non-hydrogen) atoms. The van der Waals surface area contributed by atoms with Crippen LogP contribution >= 0.6 is 0 Å². The summed E-state index contributed by atoms with van der Waals surface area (Å²) in [6.07, 6.45) is -4.99. The van der Waals surface area contributed by atoms with Crippen molar-refractivity contribution in [3.63, 3.8) is 0 Å². The lowest BCUT2D eigenvalue weighted by molar-refractivity contribution is -0.188. The molecule has 1 N–H and O–H groups in total. The maximum absolute atomic E-state index is 13.3. The van der Waals surface area contributed by atoms with E-state index in [0.717, 1.165) is 5.56 Å². The Morgan fingerprint density at radius 3 is 2.63 bits per heavy atom. The highest BCUT2D eigenvalue weighted by Gasteiger charge is 2.47. The lowest BCUT2D eigenvalue weighted by Crippen LogP contribution is -2.47. The van der Waals surface area contributed by atoms with E-state index in [4.69, 9.17) is 4.74 Å². The van der Waals surface area contributed by atoms with Crippen molar-refractivity contribution in [2.75, 3.05) is 18.5 Å². The van der Waals surface area contributed by atoms with Crippen LogP contribution in [0.4, 0.5) is 18.9 Å². The molecule has 0 aliphatic carbocycles. The van der Waals surface area contributed by atoms with Crippen molar-refractivity contribution in [3.8, 4) is 5.75 Å². The number of hydrogen-bond acceptors (Lipinski definition) is 4. The average molecular weight is 418 g/mol. The Kier molecular flexibility index (Phi) is 4.97. The van der Waals surface area contributed by atoms with Crippen molar-refractivity contribution >= 4 is 23.3 Å². The lowest BCUT2D eigenvalue weighted by Gasteiger charge is -2.31. The standard InChI is InChI=1S/C21H17F3N2O4/c22-21(23,24)20(29)26-9-7-16(27)14-3-1-2-4-15(14)25-19(28)18(26)13-5-6-17-12(11-13)8-10-30-17/h1-6,11,18H,7-10H2,(H,25,28)/t18-/m1/s1. The number of amides is 2. The Labute approximate surface area is 169 Å². The largest absolute Gasteiger partial charge is 0.493 e. The number of nitrogens with zero attached hydrogens (tertiary/aromatic N) is 1. The molecule has 0 fully saturated rings. The van der Waals surface area contributed by atoms with Crippen molar-refractivity contribution in [2.24, 2.45) is 0 Å². The van der Waals surface area contributed by atoms with Crippen LogP contribution in [-0.2, 0) is 16.0 Å². The summed E-state index contributed by atoms with van der Waals surface area (Å²) in [6.45, 7) is -0.111. The molecule has 156 valence electrons. The second-order valence-corrected chi connectivity index (χ2v) is 7.07. The molecule has 0 bridgehead atoms. The number of rotatable bonds is 1. The molecule has 4 rings (SSSR count). The Morgan fingerprint density at radius 2 is 1.87 bits per heavy atom. The second kappa shape index (κ2) is 7.47. The van der Waals surface area contributed by atoms with Crippen LogP contribution in [-0.4, -0.2) is 41.8 Å². The van der Waals surface area contributed by atoms with Gasteiger partial charge in [0.25, 0.3) is 5.91 Å². The van der Waals surface area contributed by atoms with Crippen LogP contribution in [0.3, 0.4) is 0 Å². The van der Waals surface area contributed by atoms with E-state index >= 15 is 0 Å². The van der Waals surface area contributed by atoms with Crippen molar-refractivity contribution in [1.29, 1.82) is 0 Å². The molecule has 6 nitrogen and oxygen atoms in total. The summed E-state index contributed by atoms with van der Waals surface area (Å²) in [4.78, 5) is 38.3. The average Bonchev–Trinajstić information content (AvgIpc) is 3.18. The predicted molar refractivity (Wildman–Crippen MR) is 100 cm³/mol. The van der Waals surface area contributed by atoms with Crippen molar-refractivity contribution in [1.82, 2.24) is 4.90 Å². The van der Waals surface area contributed by atoms with Crippen LogP contribution in [0.5, 0.6) is 5.75 Å². The van der Waals surface area contributed by atoms with Crippen molar-refractivity contribution in [2.45, 2.75) is 25.1 Å². The number of carbonyl (C=O) groups excluding carboxylic acids is 3. The monoisotopic (exact) mass is 418 g/mol. The Hall–Kier alpha value is -3.36. The minimum atomic E-state index is -5.19. The van der Waals surface area contributed by atoms with Crippen LogP contribution in [0, 0.1) is 0 Å². The third-order valence-electron chi connectivity index (χ3n) is 5.16. The van der Waals surface area contributed by atoms with Crippen molar-refractivity contribution in [3.05, 3.63) is 59.2 Å². The summed E-state index contributed by atoms with van der Waals surface area (Å²) >= 11 is 0. The SMILES string of the molecule is O=C1CCN(C(=O)C(F)(F)F)[C@H](c2ccc3c(c2)CCO3)C(=O)Nc2ccccc21. The predicted octanol–water partition coefficient (Wildman–Crippen LogP) is 3.28. The number of nitrogens with one attached hydrogen (secondary N) is 1.